The monoisotopic (exact) mass is 369 g/mol. The third-order valence-electron chi connectivity index (χ3n) is 3.95. The molecule has 3 rings (SSSR count). The van der Waals surface area contributed by atoms with E-state index in [2.05, 4.69) is 20.3 Å². The van der Waals surface area contributed by atoms with E-state index < -0.39 is 23.2 Å². The van der Waals surface area contributed by atoms with Crippen LogP contribution < -0.4 is 10.2 Å². The highest BCUT2D eigenvalue weighted by Gasteiger charge is 2.15. The number of carbonyl (C=O) groups excluding carboxylic acids is 1. The molecule has 0 atom stereocenters. The molecule has 0 saturated heterocycles. The van der Waals surface area contributed by atoms with Gasteiger partial charge in [-0.25, -0.2) is 18.7 Å². The lowest BCUT2D eigenvalue weighted by Crippen LogP contribution is -2.22. The number of amides is 1. The Hall–Kier alpha value is -3.42. The summed E-state index contributed by atoms with van der Waals surface area (Å²) in [5, 5.41) is 2.18. The molecule has 8 heteroatoms. The number of pyridine rings is 1. The fraction of sp³-hybridized carbons (Fsp3) is 0.158. The minimum absolute atomic E-state index is 0.0380. The highest BCUT2D eigenvalue weighted by molar-refractivity contribution is 6.02. The summed E-state index contributed by atoms with van der Waals surface area (Å²) in [7, 11) is 1.86. The Kier molecular flexibility index (Phi) is 5.65. The maximum absolute atomic E-state index is 13.6. The highest BCUT2D eigenvalue weighted by atomic mass is 19.1. The summed E-state index contributed by atoms with van der Waals surface area (Å²) in [5.74, 6) is -1.87. The van der Waals surface area contributed by atoms with Crippen LogP contribution >= 0.6 is 0 Å². The van der Waals surface area contributed by atoms with Gasteiger partial charge in [-0.15, -0.1) is 0 Å². The van der Waals surface area contributed by atoms with Gasteiger partial charge in [0.2, 0.25) is 0 Å². The molecule has 0 radical (unpaired) electrons. The van der Waals surface area contributed by atoms with Gasteiger partial charge in [0.1, 0.15) is 28.8 Å². The quantitative estimate of drug-likeness (QED) is 0.723. The molecule has 1 aromatic carbocycles. The molecule has 1 N–H and O–H groups in total. The average Bonchev–Trinajstić information content (AvgIpc) is 2.70. The van der Waals surface area contributed by atoms with Gasteiger partial charge in [-0.2, -0.15) is 0 Å². The van der Waals surface area contributed by atoms with Crippen molar-refractivity contribution in [2.24, 2.45) is 0 Å². The number of nitrogens with zero attached hydrogens (tertiary/aromatic N) is 4. The second kappa shape index (κ2) is 8.31. The van der Waals surface area contributed by atoms with E-state index in [9.17, 15) is 13.6 Å². The molecule has 27 heavy (non-hydrogen) atoms. The molecule has 6 nitrogen and oxygen atoms in total. The molecule has 0 unspecified atom stereocenters. The molecule has 0 aliphatic carbocycles. The van der Waals surface area contributed by atoms with Crippen LogP contribution in [0, 0.1) is 11.6 Å². The Morgan fingerprint density at radius 3 is 2.41 bits per heavy atom. The lowest BCUT2D eigenvalue weighted by molar-refractivity contribution is 0.102. The fourth-order valence-corrected chi connectivity index (χ4v) is 2.39. The first-order valence-electron chi connectivity index (χ1n) is 8.22. The first kappa shape index (κ1) is 18.4. The Morgan fingerprint density at radius 2 is 1.78 bits per heavy atom. The van der Waals surface area contributed by atoms with Gasteiger partial charge in [0.05, 0.1) is 12.4 Å². The van der Waals surface area contributed by atoms with E-state index in [1.54, 1.807) is 12.4 Å². The van der Waals surface area contributed by atoms with Crippen LogP contribution in [0.3, 0.4) is 0 Å². The van der Waals surface area contributed by atoms with Crippen LogP contribution in [0.25, 0.3) is 0 Å². The van der Waals surface area contributed by atoms with E-state index >= 15 is 0 Å². The Labute approximate surface area is 154 Å². The van der Waals surface area contributed by atoms with Crippen molar-refractivity contribution >= 4 is 17.4 Å². The Balaban J connectivity index is 1.63. The zero-order valence-corrected chi connectivity index (χ0v) is 14.6. The zero-order chi connectivity index (χ0) is 19.2. The van der Waals surface area contributed by atoms with Crippen molar-refractivity contribution in [3.05, 3.63) is 78.0 Å². The number of rotatable bonds is 6. The van der Waals surface area contributed by atoms with Crippen molar-refractivity contribution in [3.63, 3.8) is 0 Å². The number of hydrogen-bond donors (Lipinski definition) is 1. The molecular weight excluding hydrogens is 352 g/mol. The van der Waals surface area contributed by atoms with Crippen LogP contribution in [0.2, 0.25) is 0 Å². The van der Waals surface area contributed by atoms with Crippen molar-refractivity contribution in [2.45, 2.75) is 6.42 Å². The van der Waals surface area contributed by atoms with E-state index in [0.717, 1.165) is 24.1 Å². The molecule has 0 aliphatic heterocycles. The molecule has 0 bridgehead atoms. The average molecular weight is 369 g/mol. The molecule has 3 aromatic rings. The van der Waals surface area contributed by atoms with Crippen LogP contribution in [-0.2, 0) is 6.42 Å². The molecule has 0 fully saturated rings. The number of hydrogen-bond acceptors (Lipinski definition) is 5. The highest BCUT2D eigenvalue weighted by Crippen LogP contribution is 2.18. The second-order valence-electron chi connectivity index (χ2n) is 5.84. The van der Waals surface area contributed by atoms with Crippen LogP contribution in [0.5, 0.6) is 0 Å². The van der Waals surface area contributed by atoms with E-state index in [4.69, 9.17) is 0 Å². The van der Waals surface area contributed by atoms with Crippen LogP contribution in [0.4, 0.5) is 20.3 Å². The predicted octanol–water partition coefficient (Wildman–Crippen LogP) is 3.08. The molecule has 0 aliphatic rings. The first-order valence-corrected chi connectivity index (χ1v) is 8.22. The summed E-state index contributed by atoms with van der Waals surface area (Å²) >= 11 is 0. The number of likely N-dealkylation sites (N-methyl/N-ethyl adjacent to an activating group) is 1. The minimum Gasteiger partial charge on any atom is -0.358 e. The van der Waals surface area contributed by atoms with Crippen molar-refractivity contribution in [1.29, 1.82) is 0 Å². The normalized spacial score (nSPS) is 10.5. The SMILES string of the molecule is CN(CCc1ccncc1)c1cnc(C(=O)Nc2c(F)cccc2F)cn1. The van der Waals surface area contributed by atoms with E-state index in [-0.39, 0.29) is 5.69 Å². The Bertz CT molecular complexity index is 899. The maximum atomic E-state index is 13.6. The number of benzene rings is 1. The molecule has 2 aromatic heterocycles. The minimum atomic E-state index is -0.858. The molecule has 0 saturated carbocycles. The summed E-state index contributed by atoms with van der Waals surface area (Å²) in [6.45, 7) is 0.699. The smallest absolute Gasteiger partial charge is 0.276 e. The van der Waals surface area contributed by atoms with Crippen LogP contribution in [0.15, 0.2) is 55.1 Å². The molecule has 0 spiro atoms. The van der Waals surface area contributed by atoms with Gasteiger partial charge in [-0.05, 0) is 36.2 Å². The van der Waals surface area contributed by atoms with Crippen LogP contribution in [0.1, 0.15) is 16.1 Å². The molecular formula is C19H17F2N5O. The van der Waals surface area contributed by atoms with Crippen molar-refractivity contribution < 1.29 is 13.6 Å². The second-order valence-corrected chi connectivity index (χ2v) is 5.84. The van der Waals surface area contributed by atoms with Gasteiger partial charge >= 0.3 is 0 Å². The van der Waals surface area contributed by atoms with E-state index in [0.29, 0.717) is 12.4 Å². The summed E-state index contributed by atoms with van der Waals surface area (Å²) in [5.41, 5.74) is 0.597. The van der Waals surface area contributed by atoms with Crippen LogP contribution in [-0.4, -0.2) is 34.5 Å². The lowest BCUT2D eigenvalue weighted by Gasteiger charge is -2.17. The van der Waals surface area contributed by atoms with Gasteiger partial charge < -0.3 is 10.2 Å². The molecule has 1 amide bonds. The number of para-hydroxylation sites is 1. The topological polar surface area (TPSA) is 71.0 Å². The predicted molar refractivity (Wildman–Crippen MR) is 97.6 cm³/mol. The van der Waals surface area contributed by atoms with Crippen molar-refractivity contribution in [1.82, 2.24) is 15.0 Å². The summed E-state index contributed by atoms with van der Waals surface area (Å²) in [6.07, 6.45) is 6.99. The third-order valence-corrected chi connectivity index (χ3v) is 3.95. The maximum Gasteiger partial charge on any atom is 0.276 e. The summed E-state index contributed by atoms with van der Waals surface area (Å²) in [6, 6.07) is 7.22. The summed E-state index contributed by atoms with van der Waals surface area (Å²) < 4.78 is 27.2. The largest absolute Gasteiger partial charge is 0.358 e. The van der Waals surface area contributed by atoms with Crippen molar-refractivity contribution in [3.8, 4) is 0 Å². The number of carbonyl (C=O) groups is 1. The fourth-order valence-electron chi connectivity index (χ4n) is 2.39. The van der Waals surface area contributed by atoms with E-state index in [1.807, 2.05) is 24.1 Å². The molecule has 138 valence electrons. The lowest BCUT2D eigenvalue weighted by atomic mass is 10.2. The third kappa shape index (κ3) is 4.60. The number of nitrogens with one attached hydrogen (secondary N) is 1. The van der Waals surface area contributed by atoms with Crippen molar-refractivity contribution in [2.75, 3.05) is 23.8 Å². The van der Waals surface area contributed by atoms with E-state index in [1.165, 1.54) is 18.5 Å². The molecule has 2 heterocycles. The van der Waals surface area contributed by atoms with Gasteiger partial charge in [0, 0.05) is 26.0 Å². The van der Waals surface area contributed by atoms with Gasteiger partial charge in [-0.3, -0.25) is 9.78 Å². The van der Waals surface area contributed by atoms with Gasteiger partial charge in [0.25, 0.3) is 5.91 Å². The van der Waals surface area contributed by atoms with Gasteiger partial charge in [0.15, 0.2) is 0 Å². The number of aromatic nitrogens is 3. The number of halogens is 2. The zero-order valence-electron chi connectivity index (χ0n) is 14.6. The van der Waals surface area contributed by atoms with Gasteiger partial charge in [-0.1, -0.05) is 6.07 Å². The summed E-state index contributed by atoms with van der Waals surface area (Å²) in [4.78, 5) is 26.3. The first-order chi connectivity index (χ1) is 13.0. The number of anilines is 2. The standard InChI is InChI=1S/C19H17F2N5O/c1-26(10-7-13-5-8-22-9-6-13)17-12-23-16(11-24-17)19(27)25-18-14(20)3-2-4-15(18)21/h2-6,8-9,11-12H,7,10H2,1H3,(H,25,27). The Morgan fingerprint density at radius 1 is 1.07 bits per heavy atom.